The fourth-order valence-electron chi connectivity index (χ4n) is 11.4. The molecular weight excluding hydrogens is 1310 g/mol. The first-order valence-corrected chi connectivity index (χ1v) is 33.3. The van der Waals surface area contributed by atoms with E-state index in [0.29, 0.717) is 28.1 Å². The Morgan fingerprint density at radius 3 is 1.83 bits per heavy atom. The summed E-state index contributed by atoms with van der Waals surface area (Å²) in [5.74, 6) is -8.92. The van der Waals surface area contributed by atoms with Crippen LogP contribution in [0.1, 0.15) is 88.0 Å². The van der Waals surface area contributed by atoms with Gasteiger partial charge in [0.1, 0.15) is 60.1 Å². The van der Waals surface area contributed by atoms with E-state index in [4.69, 9.17) is 40.3 Å². The molecule has 0 spiro atoms. The van der Waals surface area contributed by atoms with Gasteiger partial charge in [0.05, 0.1) is 12.6 Å². The van der Waals surface area contributed by atoms with Gasteiger partial charge in [-0.2, -0.15) is 0 Å². The van der Waals surface area contributed by atoms with Gasteiger partial charge >= 0.3 is 6.03 Å². The number of aliphatic imine (C=N–C) groups is 1. The number of phenols is 1. The number of aliphatic hydroxyl groups excluding tert-OH is 1. The molecular formula is C69H92ClN17O13. The molecule has 1 aliphatic heterocycles. The van der Waals surface area contributed by atoms with Crippen LogP contribution in [-0.2, 0) is 73.6 Å². The molecule has 1 aromatic heterocycles. The molecule has 4 aromatic carbocycles. The standard InChI is InChI=1S/C69H92ClN17O13/c1-39(2)31-52(61(93)81-51(15-9-28-77-68(73)74)67(99)87-30-10-16-56(87)64(96)79-40(3)58(72)90)83-60(92)50(14-8-29-78-69(75)100)80-65(97)57(36-42-20-25-48(89)26-21-42)86(4)66(98)55(38-88)85-63(95)54(35-44-11-7-27-76-37-44)84-62(94)53(34-41-18-23-47(70)24-19-41)82-59(91)49(71)33-43-17-22-45-12-5-6-13-46(45)32-43/h5-7,11-13,17-27,32,37,39-40,49-57,88-89H,8-10,14-16,28-31,33-36,38,71H2,1-4H3,(H2,72,90)(H,79,96)(H,80,97)(H,81,93)(H,82,91)(H,83,92)(H,84,94)(H,85,95)(H4,73,74,77)(H3,75,78,100)/t40-,49-,50-,51+,52+,53-,54-,55+,56+,57+/m1/s1. The van der Waals surface area contributed by atoms with Crippen molar-refractivity contribution >= 4 is 93.4 Å². The zero-order valence-electron chi connectivity index (χ0n) is 56.4. The van der Waals surface area contributed by atoms with Crippen LogP contribution in [0.3, 0.4) is 0 Å². The van der Waals surface area contributed by atoms with Crippen LogP contribution in [0.2, 0.25) is 5.02 Å². The summed E-state index contributed by atoms with van der Waals surface area (Å²) in [6, 6.07) is 14.2. The van der Waals surface area contributed by atoms with Gasteiger partial charge in [-0.1, -0.05) is 98.2 Å². The molecule has 1 saturated heterocycles. The van der Waals surface area contributed by atoms with Crippen LogP contribution in [-0.4, -0.2) is 190 Å². The number of amides is 12. The minimum atomic E-state index is -1.81. The van der Waals surface area contributed by atoms with E-state index in [-0.39, 0.29) is 101 Å². The normalized spacial score (nSPS) is 15.4. The van der Waals surface area contributed by atoms with E-state index in [1.807, 2.05) is 42.5 Å². The molecule has 100 heavy (non-hydrogen) atoms. The number of rotatable bonds is 37. The Hall–Kier alpha value is -10.5. The average molecular weight is 1400 g/mol. The van der Waals surface area contributed by atoms with E-state index in [9.17, 15) is 58.2 Å². The number of halogens is 1. The number of carbonyl (C=O) groups excluding carboxylic acids is 11. The number of aromatic nitrogens is 1. The van der Waals surface area contributed by atoms with Crippen molar-refractivity contribution in [2.75, 3.05) is 33.3 Å². The van der Waals surface area contributed by atoms with Crippen molar-refractivity contribution in [2.24, 2.45) is 39.6 Å². The summed E-state index contributed by atoms with van der Waals surface area (Å²) >= 11 is 6.21. The van der Waals surface area contributed by atoms with Gasteiger partial charge < -0.3 is 91.2 Å². The van der Waals surface area contributed by atoms with Crippen molar-refractivity contribution < 1.29 is 63.0 Å². The van der Waals surface area contributed by atoms with Gasteiger partial charge in [0, 0.05) is 63.4 Å². The number of benzene rings is 4. The maximum absolute atomic E-state index is 15.1. The van der Waals surface area contributed by atoms with Gasteiger partial charge in [-0.3, -0.25) is 57.9 Å². The number of fused-ring (bicyclic) bond motifs is 1. The number of nitrogens with one attached hydrogen (secondary N) is 8. The van der Waals surface area contributed by atoms with Gasteiger partial charge in [-0.05, 0) is 128 Å². The van der Waals surface area contributed by atoms with Gasteiger partial charge in [0.25, 0.3) is 0 Å². The third-order valence-corrected chi connectivity index (χ3v) is 17.0. The van der Waals surface area contributed by atoms with E-state index in [2.05, 4.69) is 52.5 Å². The molecule has 0 radical (unpaired) electrons. The molecule has 12 amide bonds. The van der Waals surface area contributed by atoms with E-state index in [1.165, 1.54) is 55.5 Å². The summed E-state index contributed by atoms with van der Waals surface area (Å²) in [7, 11) is 1.22. The number of likely N-dealkylation sites (tertiary alicyclic amines) is 1. The van der Waals surface area contributed by atoms with Crippen LogP contribution >= 0.6 is 11.6 Å². The molecule has 31 heteroatoms. The number of aliphatic hydroxyl groups is 1. The van der Waals surface area contributed by atoms with E-state index in [1.54, 1.807) is 50.2 Å². The molecule has 0 unspecified atom stereocenters. The second-order valence-corrected chi connectivity index (χ2v) is 25.5. The van der Waals surface area contributed by atoms with Crippen LogP contribution in [0.15, 0.2) is 121 Å². The third-order valence-electron chi connectivity index (χ3n) is 16.8. The molecule has 0 saturated carbocycles. The first-order valence-electron chi connectivity index (χ1n) is 32.9. The lowest BCUT2D eigenvalue weighted by Gasteiger charge is -2.33. The van der Waals surface area contributed by atoms with E-state index < -0.39 is 132 Å². The number of hydrogen-bond acceptors (Lipinski definition) is 16. The Labute approximate surface area is 584 Å². The Morgan fingerprint density at radius 2 is 1.20 bits per heavy atom. The summed E-state index contributed by atoms with van der Waals surface area (Å²) in [5, 5.41) is 44.7. The lowest BCUT2D eigenvalue weighted by atomic mass is 10.00. The van der Waals surface area contributed by atoms with Crippen molar-refractivity contribution in [3.05, 3.63) is 143 Å². The minimum Gasteiger partial charge on any atom is -0.508 e. The maximum Gasteiger partial charge on any atom is 0.312 e. The fourth-order valence-corrected chi connectivity index (χ4v) is 11.5. The number of nitrogens with zero attached hydrogens (tertiary/aromatic N) is 4. The van der Waals surface area contributed by atoms with Crippen LogP contribution in [0.4, 0.5) is 4.79 Å². The Kier molecular flexibility index (Phi) is 30.3. The van der Waals surface area contributed by atoms with Gasteiger partial charge in [0.2, 0.25) is 59.1 Å². The number of primary amides is 2. The van der Waals surface area contributed by atoms with Crippen molar-refractivity contribution in [3.63, 3.8) is 0 Å². The summed E-state index contributed by atoms with van der Waals surface area (Å²) in [5.41, 5.74) is 30.6. The van der Waals surface area contributed by atoms with Crippen LogP contribution in [0, 0.1) is 5.92 Å². The summed E-state index contributed by atoms with van der Waals surface area (Å²) in [6.45, 7) is 3.98. The molecule has 2 heterocycles. The highest BCUT2D eigenvalue weighted by molar-refractivity contribution is 6.30. The van der Waals surface area contributed by atoms with Gasteiger partial charge in [0.15, 0.2) is 5.96 Å². The van der Waals surface area contributed by atoms with Gasteiger partial charge in [-0.15, -0.1) is 0 Å². The molecule has 20 N–H and O–H groups in total. The molecule has 1 fully saturated rings. The predicted molar refractivity (Wildman–Crippen MR) is 373 cm³/mol. The zero-order valence-corrected chi connectivity index (χ0v) is 57.1. The highest BCUT2D eigenvalue weighted by Crippen LogP contribution is 2.23. The summed E-state index contributed by atoms with van der Waals surface area (Å²) in [4.78, 5) is 165. The Bertz CT molecular complexity index is 3680. The highest BCUT2D eigenvalue weighted by atomic mass is 35.5. The molecule has 0 bridgehead atoms. The number of phenolic OH excluding ortho intramolecular Hbond substituents is 1. The van der Waals surface area contributed by atoms with Crippen LogP contribution < -0.4 is 71.2 Å². The van der Waals surface area contributed by atoms with Crippen molar-refractivity contribution in [3.8, 4) is 5.75 Å². The molecule has 1 aliphatic rings. The molecule has 5 aromatic rings. The second-order valence-electron chi connectivity index (χ2n) is 25.1. The average Bonchev–Trinajstić information content (AvgIpc) is 1.46. The Balaban J connectivity index is 1.26. The number of urea groups is 1. The number of likely N-dealkylation sites (N-methyl/N-ethyl adjacent to an activating group) is 1. The third kappa shape index (κ3) is 24.5. The first-order chi connectivity index (χ1) is 47.6. The molecule has 6 rings (SSSR count). The maximum atomic E-state index is 15.1. The lowest BCUT2D eigenvalue weighted by molar-refractivity contribution is -0.144. The topological polar surface area (TPSA) is 486 Å². The minimum absolute atomic E-state index is 0.0120. The molecule has 10 atom stereocenters. The number of guanidine groups is 1. The Morgan fingerprint density at radius 1 is 0.630 bits per heavy atom. The van der Waals surface area contributed by atoms with Crippen LogP contribution in [0.25, 0.3) is 10.8 Å². The number of hydrogen-bond donors (Lipinski definition) is 15. The number of aromatic hydroxyl groups is 1. The summed E-state index contributed by atoms with van der Waals surface area (Å²) in [6.07, 6.45) is 3.01. The largest absolute Gasteiger partial charge is 0.508 e. The smallest absolute Gasteiger partial charge is 0.312 e. The second kappa shape index (κ2) is 38.6. The monoisotopic (exact) mass is 1400 g/mol. The number of pyridine rings is 1. The summed E-state index contributed by atoms with van der Waals surface area (Å²) < 4.78 is 0. The lowest BCUT2D eigenvalue weighted by Crippen LogP contribution is -2.61. The fraction of sp³-hybridized carbons (Fsp3) is 0.435. The first kappa shape index (κ1) is 78.5. The molecule has 538 valence electrons. The van der Waals surface area contributed by atoms with Crippen LogP contribution in [0.5, 0.6) is 5.75 Å². The van der Waals surface area contributed by atoms with Crippen molar-refractivity contribution in [2.45, 2.75) is 152 Å². The molecule has 0 aliphatic carbocycles. The van der Waals surface area contributed by atoms with Crippen molar-refractivity contribution in [1.29, 1.82) is 0 Å². The number of nitrogens with two attached hydrogens (primary N) is 5. The van der Waals surface area contributed by atoms with Crippen molar-refractivity contribution in [1.82, 2.24) is 57.3 Å². The highest BCUT2D eigenvalue weighted by Gasteiger charge is 2.41. The van der Waals surface area contributed by atoms with E-state index in [0.717, 1.165) is 21.2 Å². The van der Waals surface area contributed by atoms with Gasteiger partial charge in [-0.25, -0.2) is 4.79 Å². The zero-order chi connectivity index (χ0) is 73.2. The predicted octanol–water partition coefficient (Wildman–Crippen LogP) is -0.551. The SMILES string of the molecule is CC(C)C[C@H](NC(=O)[C@@H](CCCNC(N)=O)NC(=O)[C@H](Cc1ccc(O)cc1)N(C)C(=O)[C@H](CO)NC(=O)[C@@H](Cc1cccnc1)NC(=O)[C@@H](Cc1ccc(Cl)cc1)NC(=O)[C@H](N)Cc1ccc2ccccc2c1)C(=O)N[C@@H](CCCN=C(N)N)C(=O)N1CCC[C@H]1C(=O)N[C@H](C)C(N)=O. The van der Waals surface area contributed by atoms with E-state index >= 15 is 4.79 Å². The number of carbonyl (C=O) groups is 11. The quantitative estimate of drug-likeness (QED) is 0.0135. The molecule has 30 nitrogen and oxygen atoms in total.